The van der Waals surface area contributed by atoms with E-state index < -0.39 is 18.0 Å². The average Bonchev–Trinajstić information content (AvgIpc) is 2.65. The van der Waals surface area contributed by atoms with Crippen LogP contribution in [0.3, 0.4) is 0 Å². The maximum atomic E-state index is 13.9. The number of nitrogens with zero attached hydrogens (tertiary/aromatic N) is 1. The first-order valence-corrected chi connectivity index (χ1v) is 8.95. The third-order valence-electron chi connectivity index (χ3n) is 5.10. The van der Waals surface area contributed by atoms with E-state index in [2.05, 4.69) is 5.32 Å². The molecular formula is C21H23FN2O3. The molecular weight excluding hydrogens is 347 g/mol. The van der Waals surface area contributed by atoms with Crippen molar-refractivity contribution in [3.8, 4) is 0 Å². The Balaban J connectivity index is 1.81. The highest BCUT2D eigenvalue weighted by Crippen LogP contribution is 2.41. The van der Waals surface area contributed by atoms with Gasteiger partial charge in [-0.3, -0.25) is 4.79 Å². The number of amides is 2. The standard InChI is InChI=1S/C21H23FN2O3/c1-13-14(2)24(15(3)25)19-10-9-17(22)11-18(19)20(13)23-21(26)27-12-16-7-5-4-6-8-16/h4-11,13-14,20H,12H2,1-3H3,(H,23,26)/t13-,14-,20?/m0/s1. The van der Waals surface area contributed by atoms with E-state index in [0.29, 0.717) is 11.3 Å². The molecule has 1 unspecified atom stereocenters. The molecule has 2 amide bonds. The fourth-order valence-electron chi connectivity index (χ4n) is 3.57. The number of fused-ring (bicyclic) bond motifs is 1. The fourth-order valence-corrected chi connectivity index (χ4v) is 3.57. The topological polar surface area (TPSA) is 58.6 Å². The number of ether oxygens (including phenoxy) is 1. The lowest BCUT2D eigenvalue weighted by molar-refractivity contribution is -0.117. The van der Waals surface area contributed by atoms with E-state index in [4.69, 9.17) is 4.74 Å². The lowest BCUT2D eigenvalue weighted by Crippen LogP contribution is -2.50. The molecule has 5 nitrogen and oxygen atoms in total. The van der Waals surface area contributed by atoms with Crippen LogP contribution >= 0.6 is 0 Å². The van der Waals surface area contributed by atoms with Gasteiger partial charge in [0.25, 0.3) is 0 Å². The number of anilines is 1. The van der Waals surface area contributed by atoms with Crippen molar-refractivity contribution in [1.82, 2.24) is 5.32 Å². The van der Waals surface area contributed by atoms with Crippen LogP contribution in [0.2, 0.25) is 0 Å². The van der Waals surface area contributed by atoms with Gasteiger partial charge in [-0.05, 0) is 30.7 Å². The summed E-state index contributed by atoms with van der Waals surface area (Å²) >= 11 is 0. The molecule has 1 aliphatic rings. The summed E-state index contributed by atoms with van der Waals surface area (Å²) in [6.45, 7) is 5.48. The van der Waals surface area contributed by atoms with Crippen molar-refractivity contribution in [3.63, 3.8) is 0 Å². The van der Waals surface area contributed by atoms with Crippen molar-refractivity contribution in [2.24, 2.45) is 5.92 Å². The molecule has 0 aromatic heterocycles. The van der Waals surface area contributed by atoms with Gasteiger partial charge in [0.15, 0.2) is 0 Å². The second kappa shape index (κ2) is 7.78. The molecule has 2 aromatic rings. The second-order valence-corrected chi connectivity index (χ2v) is 6.88. The van der Waals surface area contributed by atoms with Gasteiger partial charge in [0.1, 0.15) is 12.4 Å². The Labute approximate surface area is 158 Å². The molecule has 1 aliphatic heterocycles. The van der Waals surface area contributed by atoms with Crippen molar-refractivity contribution in [2.45, 2.75) is 39.5 Å². The Morgan fingerprint density at radius 2 is 1.85 bits per heavy atom. The smallest absolute Gasteiger partial charge is 0.407 e. The van der Waals surface area contributed by atoms with Gasteiger partial charge in [-0.1, -0.05) is 37.3 Å². The molecule has 0 saturated heterocycles. The van der Waals surface area contributed by atoms with Crippen molar-refractivity contribution < 1.29 is 18.7 Å². The predicted molar refractivity (Wildman–Crippen MR) is 101 cm³/mol. The quantitative estimate of drug-likeness (QED) is 0.882. The van der Waals surface area contributed by atoms with Crippen LogP contribution in [0.5, 0.6) is 0 Å². The number of benzene rings is 2. The summed E-state index contributed by atoms with van der Waals surface area (Å²) in [6, 6.07) is 13.0. The van der Waals surface area contributed by atoms with Crippen LogP contribution in [0.4, 0.5) is 14.9 Å². The maximum Gasteiger partial charge on any atom is 0.407 e. The zero-order valence-corrected chi connectivity index (χ0v) is 15.6. The van der Waals surface area contributed by atoms with Crippen LogP contribution in [-0.4, -0.2) is 18.0 Å². The predicted octanol–water partition coefficient (Wildman–Crippen LogP) is 4.18. The minimum Gasteiger partial charge on any atom is -0.445 e. The first-order chi connectivity index (χ1) is 12.9. The third kappa shape index (κ3) is 3.94. The molecule has 0 fully saturated rings. The zero-order valence-electron chi connectivity index (χ0n) is 15.6. The van der Waals surface area contributed by atoms with Crippen LogP contribution < -0.4 is 10.2 Å². The van der Waals surface area contributed by atoms with E-state index >= 15 is 0 Å². The van der Waals surface area contributed by atoms with Gasteiger partial charge in [0.2, 0.25) is 5.91 Å². The summed E-state index contributed by atoms with van der Waals surface area (Å²) in [5.74, 6) is -0.650. The number of rotatable bonds is 3. The summed E-state index contributed by atoms with van der Waals surface area (Å²) in [6.07, 6.45) is -0.575. The summed E-state index contributed by atoms with van der Waals surface area (Å²) in [4.78, 5) is 26.1. The molecule has 0 bridgehead atoms. The maximum absolute atomic E-state index is 13.9. The number of carbonyl (C=O) groups is 2. The number of hydrogen-bond acceptors (Lipinski definition) is 3. The SMILES string of the molecule is CC(=O)N1c2ccc(F)cc2C(NC(=O)OCc2ccccc2)[C@@H](C)[C@@H]1C. The number of nitrogens with one attached hydrogen (secondary N) is 1. The number of hydrogen-bond donors (Lipinski definition) is 1. The van der Waals surface area contributed by atoms with E-state index in [-0.39, 0.29) is 24.5 Å². The van der Waals surface area contributed by atoms with Gasteiger partial charge in [-0.2, -0.15) is 0 Å². The lowest BCUT2D eigenvalue weighted by atomic mass is 9.83. The van der Waals surface area contributed by atoms with Crippen molar-refractivity contribution >= 4 is 17.7 Å². The Morgan fingerprint density at radius 1 is 1.15 bits per heavy atom. The molecule has 27 heavy (non-hydrogen) atoms. The molecule has 0 spiro atoms. The van der Waals surface area contributed by atoms with Crippen molar-refractivity contribution in [2.75, 3.05) is 4.90 Å². The van der Waals surface area contributed by atoms with Gasteiger partial charge in [-0.15, -0.1) is 0 Å². The summed E-state index contributed by atoms with van der Waals surface area (Å²) in [5, 5.41) is 2.85. The summed E-state index contributed by atoms with van der Waals surface area (Å²) in [5.41, 5.74) is 2.07. The first kappa shape index (κ1) is 18.9. The van der Waals surface area contributed by atoms with Crippen LogP contribution in [0.25, 0.3) is 0 Å². The van der Waals surface area contributed by atoms with Crippen LogP contribution in [-0.2, 0) is 16.1 Å². The van der Waals surface area contributed by atoms with E-state index in [1.165, 1.54) is 19.1 Å². The molecule has 142 valence electrons. The van der Waals surface area contributed by atoms with Gasteiger partial charge in [-0.25, -0.2) is 9.18 Å². The zero-order chi connectivity index (χ0) is 19.6. The van der Waals surface area contributed by atoms with Gasteiger partial charge >= 0.3 is 6.09 Å². The van der Waals surface area contributed by atoms with E-state index in [0.717, 1.165) is 5.56 Å². The van der Waals surface area contributed by atoms with Crippen molar-refractivity contribution in [1.29, 1.82) is 0 Å². The van der Waals surface area contributed by atoms with E-state index in [1.807, 2.05) is 44.2 Å². The van der Waals surface area contributed by atoms with Crippen LogP contribution in [0.1, 0.15) is 37.9 Å². The Kier molecular flexibility index (Phi) is 5.44. The Bertz CT molecular complexity index is 841. The molecule has 3 atom stereocenters. The van der Waals surface area contributed by atoms with Crippen molar-refractivity contribution in [3.05, 3.63) is 65.5 Å². The minimum atomic E-state index is -0.575. The molecule has 1 heterocycles. The molecule has 0 saturated carbocycles. The first-order valence-electron chi connectivity index (χ1n) is 8.95. The van der Waals surface area contributed by atoms with E-state index in [1.54, 1.807) is 11.0 Å². The van der Waals surface area contributed by atoms with E-state index in [9.17, 15) is 14.0 Å². The van der Waals surface area contributed by atoms with Gasteiger partial charge < -0.3 is 15.0 Å². The largest absolute Gasteiger partial charge is 0.445 e. The van der Waals surface area contributed by atoms with Crippen LogP contribution in [0.15, 0.2) is 48.5 Å². The summed E-state index contributed by atoms with van der Waals surface area (Å²) in [7, 11) is 0. The highest BCUT2D eigenvalue weighted by atomic mass is 19.1. The number of carbonyl (C=O) groups excluding carboxylic acids is 2. The van der Waals surface area contributed by atoms with Gasteiger partial charge in [0.05, 0.1) is 6.04 Å². The molecule has 0 radical (unpaired) electrons. The number of alkyl carbamates (subject to hydrolysis) is 1. The third-order valence-corrected chi connectivity index (χ3v) is 5.10. The summed E-state index contributed by atoms with van der Waals surface area (Å²) < 4.78 is 19.2. The fraction of sp³-hybridized carbons (Fsp3) is 0.333. The van der Waals surface area contributed by atoms with Gasteiger partial charge in [0, 0.05) is 30.1 Å². The minimum absolute atomic E-state index is 0.118. The van der Waals surface area contributed by atoms with Crippen LogP contribution in [0, 0.1) is 11.7 Å². The molecule has 3 rings (SSSR count). The molecule has 2 aromatic carbocycles. The Hall–Kier alpha value is -2.89. The molecule has 6 heteroatoms. The highest BCUT2D eigenvalue weighted by molar-refractivity contribution is 5.94. The second-order valence-electron chi connectivity index (χ2n) is 6.88. The molecule has 0 aliphatic carbocycles. The Morgan fingerprint density at radius 3 is 2.52 bits per heavy atom. The molecule has 1 N–H and O–H groups in total. The number of halogens is 1. The highest BCUT2D eigenvalue weighted by Gasteiger charge is 2.39. The normalized spacial score (nSPS) is 21.3. The average molecular weight is 370 g/mol. The lowest BCUT2D eigenvalue weighted by Gasteiger charge is -2.43. The monoisotopic (exact) mass is 370 g/mol.